The van der Waals surface area contributed by atoms with Crippen molar-refractivity contribution in [1.29, 1.82) is 0 Å². The van der Waals surface area contributed by atoms with Crippen LogP contribution in [0.15, 0.2) is 24.3 Å². The van der Waals surface area contributed by atoms with Crippen molar-refractivity contribution in [3.63, 3.8) is 0 Å². The lowest BCUT2D eigenvalue weighted by atomic mass is 9.97. The number of para-hydroxylation sites is 1. The summed E-state index contributed by atoms with van der Waals surface area (Å²) in [5, 5.41) is 5.12. The van der Waals surface area contributed by atoms with E-state index in [-0.39, 0.29) is 17.8 Å². The van der Waals surface area contributed by atoms with Crippen molar-refractivity contribution in [2.75, 3.05) is 11.9 Å². The molecule has 0 aliphatic carbocycles. The fourth-order valence-electron chi connectivity index (χ4n) is 3.77. The number of nitrogens with one attached hydrogen (secondary N) is 2. The standard InChI is InChI=1S/C26H34N2O12/c1-13(29)35-20-19(39-24(38-16(4)32)22(37-15(3)31)21(20)36-14(2)30)12-27-23(33)17-10-8-9-11-18(17)28-25(34)40-26(5,6)7/h8-11,19-22,24H,12H2,1-7H3,(H,27,33)(H,28,34)/t19-,20-,21+,22-,24?/m1/s1. The summed E-state index contributed by atoms with van der Waals surface area (Å²) in [6, 6.07) is 6.13. The first-order valence-corrected chi connectivity index (χ1v) is 12.3. The Morgan fingerprint density at radius 2 is 1.30 bits per heavy atom. The Balaban J connectivity index is 2.34. The van der Waals surface area contributed by atoms with Crippen LogP contribution in [0.2, 0.25) is 0 Å². The molecular weight excluding hydrogens is 532 g/mol. The molecule has 220 valence electrons. The zero-order valence-corrected chi connectivity index (χ0v) is 23.3. The molecule has 0 spiro atoms. The number of esters is 4. The summed E-state index contributed by atoms with van der Waals surface area (Å²) in [6.45, 7) is 9.05. The second-order valence-electron chi connectivity index (χ2n) is 9.76. The van der Waals surface area contributed by atoms with Crippen molar-refractivity contribution in [3.05, 3.63) is 29.8 Å². The predicted molar refractivity (Wildman–Crippen MR) is 136 cm³/mol. The topological polar surface area (TPSA) is 182 Å². The third-order valence-corrected chi connectivity index (χ3v) is 5.05. The summed E-state index contributed by atoms with van der Waals surface area (Å²) < 4.78 is 32.0. The van der Waals surface area contributed by atoms with E-state index in [4.69, 9.17) is 28.4 Å². The molecule has 14 nitrogen and oxygen atoms in total. The monoisotopic (exact) mass is 566 g/mol. The van der Waals surface area contributed by atoms with Gasteiger partial charge < -0.3 is 33.7 Å². The van der Waals surface area contributed by atoms with Gasteiger partial charge in [0, 0.05) is 34.2 Å². The molecule has 0 aromatic heterocycles. The highest BCUT2D eigenvalue weighted by Crippen LogP contribution is 2.30. The van der Waals surface area contributed by atoms with Crippen LogP contribution >= 0.6 is 0 Å². The lowest BCUT2D eigenvalue weighted by molar-refractivity contribution is -0.294. The number of hydrogen-bond acceptors (Lipinski definition) is 12. The minimum absolute atomic E-state index is 0.0686. The van der Waals surface area contributed by atoms with Crippen molar-refractivity contribution >= 4 is 41.6 Å². The number of benzene rings is 1. The van der Waals surface area contributed by atoms with Crippen LogP contribution in [0, 0.1) is 0 Å². The maximum absolute atomic E-state index is 13.1. The minimum atomic E-state index is -1.57. The quantitative estimate of drug-likeness (QED) is 0.345. The van der Waals surface area contributed by atoms with E-state index in [1.807, 2.05) is 0 Å². The average Bonchev–Trinajstić information content (AvgIpc) is 2.79. The number of anilines is 1. The molecule has 0 radical (unpaired) electrons. The molecule has 14 heteroatoms. The van der Waals surface area contributed by atoms with Crippen molar-refractivity contribution in [1.82, 2.24) is 5.32 Å². The van der Waals surface area contributed by atoms with E-state index in [1.54, 1.807) is 32.9 Å². The highest BCUT2D eigenvalue weighted by atomic mass is 16.7. The number of carbonyl (C=O) groups excluding carboxylic acids is 6. The molecule has 1 fully saturated rings. The van der Waals surface area contributed by atoms with Crippen LogP contribution in [-0.4, -0.2) is 78.7 Å². The van der Waals surface area contributed by atoms with Crippen LogP contribution in [0.25, 0.3) is 0 Å². The van der Waals surface area contributed by atoms with Crippen LogP contribution in [0.1, 0.15) is 58.8 Å². The summed E-state index contributed by atoms with van der Waals surface area (Å²) in [7, 11) is 0. The van der Waals surface area contributed by atoms with Crippen LogP contribution in [0.5, 0.6) is 0 Å². The Labute approximate surface area is 230 Å². The van der Waals surface area contributed by atoms with Crippen molar-refractivity contribution < 1.29 is 57.2 Å². The molecule has 1 unspecified atom stereocenters. The smallest absolute Gasteiger partial charge is 0.412 e. The second kappa shape index (κ2) is 13.7. The van der Waals surface area contributed by atoms with Gasteiger partial charge in [-0.1, -0.05) is 12.1 Å². The molecule has 0 bridgehead atoms. The Hall–Kier alpha value is -4.20. The first-order chi connectivity index (χ1) is 18.6. The van der Waals surface area contributed by atoms with Crippen LogP contribution in [-0.2, 0) is 47.6 Å². The molecule has 0 saturated carbocycles. The van der Waals surface area contributed by atoms with Gasteiger partial charge in [-0.15, -0.1) is 0 Å². The molecule has 1 aromatic rings. The van der Waals surface area contributed by atoms with Crippen LogP contribution in [0.4, 0.5) is 10.5 Å². The fourth-order valence-corrected chi connectivity index (χ4v) is 3.77. The highest BCUT2D eigenvalue weighted by Gasteiger charge is 2.53. The Morgan fingerprint density at radius 3 is 1.85 bits per heavy atom. The van der Waals surface area contributed by atoms with Crippen LogP contribution in [0.3, 0.4) is 0 Å². The summed E-state index contributed by atoms with van der Waals surface area (Å²) in [6.07, 6.45) is -7.90. The second-order valence-corrected chi connectivity index (χ2v) is 9.76. The maximum atomic E-state index is 13.1. The van der Waals surface area contributed by atoms with E-state index < -0.39 is 72.2 Å². The van der Waals surface area contributed by atoms with Gasteiger partial charge in [0.1, 0.15) is 11.7 Å². The summed E-state index contributed by atoms with van der Waals surface area (Å²) in [4.78, 5) is 72.8. The summed E-state index contributed by atoms with van der Waals surface area (Å²) in [5.41, 5.74) is -0.549. The number of rotatable bonds is 8. The zero-order valence-electron chi connectivity index (χ0n) is 23.3. The third kappa shape index (κ3) is 9.84. The number of carbonyl (C=O) groups is 6. The van der Waals surface area contributed by atoms with Crippen molar-refractivity contribution in [2.45, 2.75) is 84.8 Å². The van der Waals surface area contributed by atoms with Gasteiger partial charge in [-0.2, -0.15) is 0 Å². The Bertz CT molecular complexity index is 1130. The molecule has 1 heterocycles. The van der Waals surface area contributed by atoms with E-state index in [0.717, 1.165) is 27.7 Å². The first kappa shape index (κ1) is 32.0. The van der Waals surface area contributed by atoms with Crippen molar-refractivity contribution in [3.8, 4) is 0 Å². The zero-order chi connectivity index (χ0) is 30.2. The number of ether oxygens (including phenoxy) is 6. The SMILES string of the molecule is CC(=O)OC1O[C@H](CNC(=O)c2ccccc2NC(=O)OC(C)(C)C)[C@@H](OC(C)=O)[C@H](OC(C)=O)[C@H]1OC(C)=O. The fraction of sp³-hybridized carbons (Fsp3) is 0.538. The number of hydrogen-bond donors (Lipinski definition) is 2. The minimum Gasteiger partial charge on any atom is -0.456 e. The molecule has 1 aliphatic rings. The average molecular weight is 567 g/mol. The molecular formula is C26H34N2O12. The van der Waals surface area contributed by atoms with Gasteiger partial charge in [-0.05, 0) is 32.9 Å². The largest absolute Gasteiger partial charge is 0.456 e. The molecule has 1 saturated heterocycles. The van der Waals surface area contributed by atoms with E-state index >= 15 is 0 Å². The van der Waals surface area contributed by atoms with Crippen LogP contribution < -0.4 is 10.6 Å². The van der Waals surface area contributed by atoms with Gasteiger partial charge in [0.25, 0.3) is 5.91 Å². The predicted octanol–water partition coefficient (Wildman–Crippen LogP) is 1.85. The molecule has 1 aromatic carbocycles. The van der Waals surface area contributed by atoms with Gasteiger partial charge in [0.2, 0.25) is 12.4 Å². The molecule has 1 aliphatic heterocycles. The lowest BCUT2D eigenvalue weighted by Crippen LogP contribution is -2.64. The van der Waals surface area contributed by atoms with Gasteiger partial charge in [0.05, 0.1) is 11.3 Å². The molecule has 40 heavy (non-hydrogen) atoms. The van der Waals surface area contributed by atoms with Gasteiger partial charge in [0.15, 0.2) is 12.2 Å². The first-order valence-electron chi connectivity index (χ1n) is 12.3. The third-order valence-electron chi connectivity index (χ3n) is 5.05. The molecule has 2 N–H and O–H groups in total. The normalized spacial score (nSPS) is 22.2. The van der Waals surface area contributed by atoms with Crippen molar-refractivity contribution in [2.24, 2.45) is 0 Å². The van der Waals surface area contributed by atoms with Gasteiger partial charge >= 0.3 is 30.0 Å². The summed E-state index contributed by atoms with van der Waals surface area (Å²) in [5.74, 6) is -3.88. The van der Waals surface area contributed by atoms with E-state index in [0.29, 0.717) is 0 Å². The number of amides is 2. The molecule has 2 rings (SSSR count). The van der Waals surface area contributed by atoms with Gasteiger partial charge in [-0.3, -0.25) is 29.3 Å². The molecule has 5 atom stereocenters. The lowest BCUT2D eigenvalue weighted by Gasteiger charge is -2.43. The van der Waals surface area contributed by atoms with E-state index in [9.17, 15) is 28.8 Å². The highest BCUT2D eigenvalue weighted by molar-refractivity contribution is 6.02. The Kier molecular flexibility index (Phi) is 11.0. The Morgan fingerprint density at radius 1 is 0.775 bits per heavy atom. The van der Waals surface area contributed by atoms with Gasteiger partial charge in [-0.25, -0.2) is 4.79 Å². The maximum Gasteiger partial charge on any atom is 0.412 e. The van der Waals surface area contributed by atoms with E-state index in [1.165, 1.54) is 12.1 Å². The van der Waals surface area contributed by atoms with E-state index in [2.05, 4.69) is 10.6 Å². The molecule has 2 amide bonds. The summed E-state index contributed by atoms with van der Waals surface area (Å²) >= 11 is 0.